The maximum Gasteiger partial charge on any atom is 0.264 e. The average Bonchev–Trinajstić information content (AvgIpc) is 3.00. The van der Waals surface area contributed by atoms with Gasteiger partial charge >= 0.3 is 0 Å². The second kappa shape index (κ2) is 14.6. The third-order valence-corrected chi connectivity index (χ3v) is 9.49. The Balaban J connectivity index is 1.83. The van der Waals surface area contributed by atoms with Gasteiger partial charge in [-0.2, -0.15) is 0 Å². The SMILES string of the molecule is CCNC(=O)C(Cc1ccccc1)N(Cc1c(Cl)cccc1Cl)C(=O)CN(c1ccccc1C)S(=O)(=O)c1ccccc1. The fraction of sp³-hybridized carbons (Fsp3) is 0.212. The van der Waals surface area contributed by atoms with Crippen LogP contribution in [0.3, 0.4) is 0 Å². The van der Waals surface area contributed by atoms with Gasteiger partial charge in [0.1, 0.15) is 12.6 Å². The van der Waals surface area contributed by atoms with Crippen molar-refractivity contribution in [2.45, 2.75) is 37.8 Å². The largest absolute Gasteiger partial charge is 0.355 e. The van der Waals surface area contributed by atoms with Crippen LogP contribution in [0.4, 0.5) is 5.69 Å². The van der Waals surface area contributed by atoms with Gasteiger partial charge in [0.15, 0.2) is 0 Å². The van der Waals surface area contributed by atoms with Crippen LogP contribution in [0.2, 0.25) is 10.0 Å². The Kier molecular flexibility index (Phi) is 10.9. The van der Waals surface area contributed by atoms with Crippen LogP contribution >= 0.6 is 23.2 Å². The van der Waals surface area contributed by atoms with Crippen molar-refractivity contribution in [1.29, 1.82) is 0 Å². The minimum atomic E-state index is -4.18. The molecule has 0 saturated heterocycles. The first-order valence-corrected chi connectivity index (χ1v) is 16.0. The Hall–Kier alpha value is -3.85. The summed E-state index contributed by atoms with van der Waals surface area (Å²) in [5, 5.41) is 3.49. The van der Waals surface area contributed by atoms with Gasteiger partial charge in [0.05, 0.1) is 10.6 Å². The van der Waals surface area contributed by atoms with E-state index in [1.165, 1.54) is 17.0 Å². The summed E-state index contributed by atoms with van der Waals surface area (Å²) in [5.74, 6) is -0.970. The van der Waals surface area contributed by atoms with Gasteiger partial charge in [-0.05, 0) is 55.3 Å². The molecule has 2 amide bonds. The van der Waals surface area contributed by atoms with Crippen LogP contribution in [0.1, 0.15) is 23.6 Å². The summed E-state index contributed by atoms with van der Waals surface area (Å²) >= 11 is 13.1. The molecule has 4 aromatic rings. The number of hydrogen-bond donors (Lipinski definition) is 1. The van der Waals surface area contributed by atoms with Crippen LogP contribution in [0.25, 0.3) is 0 Å². The van der Waals surface area contributed by atoms with Crippen LogP contribution < -0.4 is 9.62 Å². The zero-order chi connectivity index (χ0) is 31.0. The second-order valence-electron chi connectivity index (χ2n) is 9.93. The molecule has 0 aliphatic rings. The van der Waals surface area contributed by atoms with Gasteiger partial charge in [0, 0.05) is 35.1 Å². The maximum atomic E-state index is 14.4. The Morgan fingerprint density at radius 1 is 0.814 bits per heavy atom. The molecular formula is C33H33Cl2N3O4S. The molecule has 1 N–H and O–H groups in total. The molecule has 0 aliphatic heterocycles. The van der Waals surface area contributed by atoms with Crippen LogP contribution in [-0.4, -0.2) is 44.3 Å². The number of carbonyl (C=O) groups is 2. The van der Waals surface area contributed by atoms with E-state index in [1.807, 2.05) is 30.3 Å². The Morgan fingerprint density at radius 2 is 1.40 bits per heavy atom. The molecule has 0 fully saturated rings. The number of nitrogens with zero attached hydrogens (tertiary/aromatic N) is 2. The topological polar surface area (TPSA) is 86.8 Å². The fourth-order valence-corrected chi connectivity index (χ4v) is 6.79. The third-order valence-electron chi connectivity index (χ3n) is 7.01. The monoisotopic (exact) mass is 637 g/mol. The van der Waals surface area contributed by atoms with E-state index >= 15 is 0 Å². The van der Waals surface area contributed by atoms with Crippen molar-refractivity contribution in [3.63, 3.8) is 0 Å². The number of aryl methyl sites for hydroxylation is 1. The van der Waals surface area contributed by atoms with Crippen molar-refractivity contribution in [3.05, 3.63) is 130 Å². The lowest BCUT2D eigenvalue weighted by atomic mass is 10.0. The minimum absolute atomic E-state index is 0.0383. The molecule has 43 heavy (non-hydrogen) atoms. The van der Waals surface area contributed by atoms with E-state index < -0.39 is 28.5 Å². The van der Waals surface area contributed by atoms with Crippen molar-refractivity contribution >= 4 is 50.7 Å². The van der Waals surface area contributed by atoms with E-state index in [4.69, 9.17) is 23.2 Å². The number of hydrogen-bond acceptors (Lipinski definition) is 4. The lowest BCUT2D eigenvalue weighted by Gasteiger charge is -2.34. The van der Waals surface area contributed by atoms with Crippen molar-refractivity contribution in [2.24, 2.45) is 0 Å². The first-order chi connectivity index (χ1) is 20.6. The van der Waals surface area contributed by atoms with Crippen molar-refractivity contribution in [2.75, 3.05) is 17.4 Å². The Labute approximate surface area is 263 Å². The molecule has 0 heterocycles. The summed E-state index contributed by atoms with van der Waals surface area (Å²) in [6.45, 7) is 3.24. The highest BCUT2D eigenvalue weighted by Gasteiger charge is 2.35. The molecule has 224 valence electrons. The van der Waals surface area contributed by atoms with Gasteiger partial charge in [-0.3, -0.25) is 13.9 Å². The number of amides is 2. The predicted molar refractivity (Wildman–Crippen MR) is 172 cm³/mol. The highest BCUT2D eigenvalue weighted by molar-refractivity contribution is 7.92. The first kappa shape index (κ1) is 32.1. The molecule has 10 heteroatoms. The summed E-state index contributed by atoms with van der Waals surface area (Å²) in [6, 6.07) is 28.2. The normalized spacial score (nSPS) is 11.9. The quantitative estimate of drug-likeness (QED) is 0.198. The molecular weight excluding hydrogens is 605 g/mol. The van der Waals surface area contributed by atoms with E-state index in [9.17, 15) is 18.0 Å². The Bertz CT molecular complexity index is 1650. The molecule has 0 saturated carbocycles. The summed E-state index contributed by atoms with van der Waals surface area (Å²) < 4.78 is 29.2. The fourth-order valence-electron chi connectivity index (χ4n) is 4.78. The van der Waals surface area contributed by atoms with E-state index in [0.29, 0.717) is 33.4 Å². The minimum Gasteiger partial charge on any atom is -0.355 e. The maximum absolute atomic E-state index is 14.4. The molecule has 0 aliphatic carbocycles. The van der Waals surface area contributed by atoms with Crippen LogP contribution in [0, 0.1) is 6.92 Å². The lowest BCUT2D eigenvalue weighted by molar-refractivity contribution is -0.140. The van der Waals surface area contributed by atoms with Crippen LogP contribution in [-0.2, 0) is 32.6 Å². The van der Waals surface area contributed by atoms with Gasteiger partial charge in [-0.15, -0.1) is 0 Å². The number of likely N-dealkylation sites (N-methyl/N-ethyl adjacent to an activating group) is 1. The summed E-state index contributed by atoms with van der Waals surface area (Å²) in [4.78, 5) is 29.4. The number of halogens is 2. The molecule has 0 aromatic heterocycles. The van der Waals surface area contributed by atoms with Crippen molar-refractivity contribution in [3.8, 4) is 0 Å². The lowest BCUT2D eigenvalue weighted by Crippen LogP contribution is -2.53. The number of benzene rings is 4. The summed E-state index contributed by atoms with van der Waals surface area (Å²) in [7, 11) is -4.18. The zero-order valence-corrected chi connectivity index (χ0v) is 26.2. The standard InChI is InChI=1S/C33H33Cl2N3O4S/c1-3-36-33(40)31(21-25-14-6-4-7-15-25)37(22-27-28(34)18-12-19-29(27)35)32(39)23-38(30-20-11-10-13-24(30)2)43(41,42)26-16-8-5-9-17-26/h4-20,31H,3,21-23H2,1-2H3,(H,36,40). The summed E-state index contributed by atoms with van der Waals surface area (Å²) in [5.41, 5.74) is 2.30. The van der Waals surface area contributed by atoms with Gasteiger partial charge in [0.2, 0.25) is 11.8 Å². The number of rotatable bonds is 12. The smallest absolute Gasteiger partial charge is 0.264 e. The number of para-hydroxylation sites is 1. The average molecular weight is 639 g/mol. The molecule has 4 rings (SSSR count). The molecule has 1 unspecified atom stereocenters. The predicted octanol–water partition coefficient (Wildman–Crippen LogP) is 6.27. The van der Waals surface area contributed by atoms with E-state index in [-0.39, 0.29) is 23.8 Å². The molecule has 0 radical (unpaired) electrons. The van der Waals surface area contributed by atoms with Crippen LogP contribution in [0.15, 0.2) is 108 Å². The molecule has 0 bridgehead atoms. The number of anilines is 1. The Morgan fingerprint density at radius 3 is 2.00 bits per heavy atom. The van der Waals surface area contributed by atoms with Crippen molar-refractivity contribution < 1.29 is 18.0 Å². The van der Waals surface area contributed by atoms with Gasteiger partial charge < -0.3 is 10.2 Å². The van der Waals surface area contributed by atoms with E-state index in [2.05, 4.69) is 5.32 Å². The summed E-state index contributed by atoms with van der Waals surface area (Å²) in [6.07, 6.45) is 0.191. The van der Waals surface area contributed by atoms with Gasteiger partial charge in [-0.25, -0.2) is 8.42 Å². The number of nitrogens with one attached hydrogen (secondary N) is 1. The second-order valence-corrected chi connectivity index (χ2v) is 12.6. The van der Waals surface area contributed by atoms with E-state index in [1.54, 1.807) is 74.5 Å². The highest BCUT2D eigenvalue weighted by atomic mass is 35.5. The van der Waals surface area contributed by atoms with Crippen molar-refractivity contribution in [1.82, 2.24) is 10.2 Å². The number of sulfonamides is 1. The van der Waals surface area contributed by atoms with Gasteiger partial charge in [-0.1, -0.05) is 96.0 Å². The molecule has 4 aromatic carbocycles. The van der Waals surface area contributed by atoms with Crippen LogP contribution in [0.5, 0.6) is 0 Å². The third kappa shape index (κ3) is 7.76. The number of carbonyl (C=O) groups excluding carboxylic acids is 2. The zero-order valence-electron chi connectivity index (χ0n) is 23.9. The molecule has 0 spiro atoms. The highest BCUT2D eigenvalue weighted by Crippen LogP contribution is 2.30. The first-order valence-electron chi connectivity index (χ1n) is 13.8. The van der Waals surface area contributed by atoms with Gasteiger partial charge in [0.25, 0.3) is 10.0 Å². The van der Waals surface area contributed by atoms with E-state index in [0.717, 1.165) is 9.87 Å². The molecule has 1 atom stereocenters. The molecule has 7 nitrogen and oxygen atoms in total.